The number of primary sulfonamides is 1. The molecule has 0 radical (unpaired) electrons. The predicted molar refractivity (Wildman–Crippen MR) is 117 cm³/mol. The second-order valence-corrected chi connectivity index (χ2v) is 9.45. The van der Waals surface area contributed by atoms with Crippen molar-refractivity contribution in [3.05, 3.63) is 54.1 Å². The highest BCUT2D eigenvalue weighted by Gasteiger charge is 2.42. The summed E-state index contributed by atoms with van der Waals surface area (Å²) in [6.07, 6.45) is -4.53. The quantitative estimate of drug-likeness (QED) is 0.473. The summed E-state index contributed by atoms with van der Waals surface area (Å²) in [7, 11) is -3.85. The van der Waals surface area contributed by atoms with Crippen molar-refractivity contribution >= 4 is 15.9 Å². The van der Waals surface area contributed by atoms with Gasteiger partial charge >= 0.3 is 6.18 Å². The van der Waals surface area contributed by atoms with Crippen molar-refractivity contribution in [2.45, 2.75) is 43.4 Å². The first-order chi connectivity index (χ1) is 15.3. The van der Waals surface area contributed by atoms with Crippen LogP contribution >= 0.6 is 0 Å². The minimum atomic E-state index is -4.68. The molecule has 1 unspecified atom stereocenters. The van der Waals surface area contributed by atoms with Gasteiger partial charge in [-0.05, 0) is 41.2 Å². The van der Waals surface area contributed by atoms with Crippen molar-refractivity contribution in [1.29, 1.82) is 5.26 Å². The number of carbonyl (C=O) groups is 1. The summed E-state index contributed by atoms with van der Waals surface area (Å²) in [4.78, 5) is 12.3. The Balaban J connectivity index is 2.31. The third-order valence-electron chi connectivity index (χ3n) is 4.82. The number of nitriles is 1. The summed E-state index contributed by atoms with van der Waals surface area (Å²) in [6, 6.07) is 9.69. The molecule has 178 valence electrons. The number of nitrogens with one attached hydrogen (secondary N) is 2. The molecule has 0 aromatic heterocycles. The fourth-order valence-corrected chi connectivity index (χ4v) is 3.77. The maximum atomic E-state index is 13.9. The number of rotatable bonds is 9. The SMILES string of the molecule is CC(C)C[C@H](NC(c1ccc(-c2ccc(S(N)(=O)=O)cc2)cc1)C(F)(F)F)C(=O)NCC#N. The highest BCUT2D eigenvalue weighted by atomic mass is 32.2. The van der Waals surface area contributed by atoms with Gasteiger partial charge in [0.05, 0.1) is 17.0 Å². The van der Waals surface area contributed by atoms with Gasteiger partial charge in [-0.1, -0.05) is 50.2 Å². The number of sulfonamides is 1. The predicted octanol–water partition coefficient (Wildman–Crippen LogP) is 3.25. The Labute approximate surface area is 190 Å². The Morgan fingerprint density at radius 2 is 1.58 bits per heavy atom. The first-order valence-corrected chi connectivity index (χ1v) is 11.6. The number of hydrogen-bond donors (Lipinski definition) is 3. The van der Waals surface area contributed by atoms with E-state index in [2.05, 4.69) is 10.6 Å². The van der Waals surface area contributed by atoms with Gasteiger partial charge in [0.25, 0.3) is 0 Å². The van der Waals surface area contributed by atoms with E-state index in [1.54, 1.807) is 19.9 Å². The van der Waals surface area contributed by atoms with Gasteiger partial charge in [-0.3, -0.25) is 10.1 Å². The number of hydrogen-bond acceptors (Lipinski definition) is 5. The fourth-order valence-electron chi connectivity index (χ4n) is 3.26. The molecule has 2 aromatic carbocycles. The van der Waals surface area contributed by atoms with Crippen molar-refractivity contribution in [2.75, 3.05) is 6.54 Å². The molecule has 33 heavy (non-hydrogen) atoms. The topological polar surface area (TPSA) is 125 Å². The minimum Gasteiger partial charge on any atom is -0.342 e. The Kier molecular flexibility index (Phi) is 8.60. The van der Waals surface area contributed by atoms with Gasteiger partial charge in [0.2, 0.25) is 15.9 Å². The molecule has 0 bridgehead atoms. The van der Waals surface area contributed by atoms with E-state index in [-0.39, 0.29) is 29.3 Å². The van der Waals surface area contributed by atoms with Gasteiger partial charge in [-0.15, -0.1) is 0 Å². The number of halogens is 3. The van der Waals surface area contributed by atoms with Crippen LogP contribution in [0.5, 0.6) is 0 Å². The van der Waals surface area contributed by atoms with E-state index in [0.717, 1.165) is 0 Å². The van der Waals surface area contributed by atoms with E-state index in [9.17, 15) is 26.4 Å². The van der Waals surface area contributed by atoms with Crippen molar-refractivity contribution in [2.24, 2.45) is 11.1 Å². The van der Waals surface area contributed by atoms with E-state index < -0.39 is 34.2 Å². The Hall–Kier alpha value is -2.94. The third kappa shape index (κ3) is 7.56. The van der Waals surface area contributed by atoms with Crippen molar-refractivity contribution in [3.8, 4) is 17.2 Å². The highest BCUT2D eigenvalue weighted by molar-refractivity contribution is 7.89. The zero-order valence-corrected chi connectivity index (χ0v) is 18.9. The van der Waals surface area contributed by atoms with Crippen molar-refractivity contribution in [1.82, 2.24) is 10.6 Å². The molecule has 0 fully saturated rings. The van der Waals surface area contributed by atoms with Crippen LogP contribution in [0.3, 0.4) is 0 Å². The zero-order valence-electron chi connectivity index (χ0n) is 18.1. The molecule has 0 heterocycles. The van der Waals surface area contributed by atoms with Crippen molar-refractivity contribution in [3.63, 3.8) is 0 Å². The van der Waals surface area contributed by atoms with E-state index in [1.165, 1.54) is 48.5 Å². The average Bonchev–Trinajstić information content (AvgIpc) is 2.73. The summed E-state index contributed by atoms with van der Waals surface area (Å²) in [5.41, 5.74) is 1.08. The summed E-state index contributed by atoms with van der Waals surface area (Å²) < 4.78 is 64.4. The van der Waals surface area contributed by atoms with Crippen LogP contribution in [-0.4, -0.2) is 33.1 Å². The first kappa shape index (κ1) is 26.3. The van der Waals surface area contributed by atoms with Crippen LogP contribution in [0.4, 0.5) is 13.2 Å². The summed E-state index contributed by atoms with van der Waals surface area (Å²) in [6.45, 7) is 3.26. The van der Waals surface area contributed by atoms with E-state index in [0.29, 0.717) is 11.1 Å². The lowest BCUT2D eigenvalue weighted by atomic mass is 9.97. The van der Waals surface area contributed by atoms with Gasteiger partial charge in [0.1, 0.15) is 12.6 Å². The number of nitrogens with two attached hydrogens (primary N) is 1. The molecular weight excluding hydrogens is 457 g/mol. The summed E-state index contributed by atoms with van der Waals surface area (Å²) in [5, 5.41) is 18.4. The van der Waals surface area contributed by atoms with E-state index >= 15 is 0 Å². The molecule has 7 nitrogen and oxygen atoms in total. The third-order valence-corrected chi connectivity index (χ3v) is 5.75. The molecule has 0 saturated heterocycles. The molecule has 0 saturated carbocycles. The Morgan fingerprint density at radius 3 is 2.00 bits per heavy atom. The minimum absolute atomic E-state index is 0.0631. The number of carbonyl (C=O) groups excluding carboxylic acids is 1. The van der Waals surface area contributed by atoms with Gasteiger partial charge < -0.3 is 5.32 Å². The summed E-state index contributed by atoms with van der Waals surface area (Å²) >= 11 is 0. The van der Waals surface area contributed by atoms with E-state index in [1.807, 2.05) is 0 Å². The van der Waals surface area contributed by atoms with Crippen LogP contribution in [0.1, 0.15) is 31.9 Å². The van der Waals surface area contributed by atoms with Crippen LogP contribution in [-0.2, 0) is 14.8 Å². The second kappa shape index (κ2) is 10.8. The van der Waals surface area contributed by atoms with Gasteiger partial charge in [0, 0.05) is 0 Å². The molecule has 0 spiro atoms. The van der Waals surface area contributed by atoms with Gasteiger partial charge in [-0.2, -0.15) is 18.4 Å². The average molecular weight is 483 g/mol. The lowest BCUT2D eigenvalue weighted by Crippen LogP contribution is -2.49. The smallest absolute Gasteiger partial charge is 0.342 e. The molecule has 0 aliphatic rings. The highest BCUT2D eigenvalue weighted by Crippen LogP contribution is 2.34. The molecule has 4 N–H and O–H groups in total. The van der Waals surface area contributed by atoms with Crippen LogP contribution < -0.4 is 15.8 Å². The summed E-state index contributed by atoms with van der Waals surface area (Å²) in [5.74, 6) is -0.738. The number of alkyl halides is 3. The normalized spacial score (nSPS) is 13.9. The van der Waals surface area contributed by atoms with Crippen LogP contribution in [0.25, 0.3) is 11.1 Å². The van der Waals surface area contributed by atoms with Crippen LogP contribution in [0.15, 0.2) is 53.4 Å². The molecule has 0 aliphatic carbocycles. The zero-order chi connectivity index (χ0) is 24.8. The molecule has 11 heteroatoms. The molecule has 2 aromatic rings. The molecule has 0 aliphatic heterocycles. The molecule has 1 amide bonds. The molecular formula is C22H25F3N4O3S. The van der Waals surface area contributed by atoms with Gasteiger partial charge in [0.15, 0.2) is 0 Å². The lowest BCUT2D eigenvalue weighted by molar-refractivity contribution is -0.161. The Bertz CT molecular complexity index is 1090. The lowest BCUT2D eigenvalue weighted by Gasteiger charge is -2.28. The van der Waals surface area contributed by atoms with Gasteiger partial charge in [-0.25, -0.2) is 13.6 Å². The standard InChI is InChI=1S/C22H25F3N4O3S/c1-14(2)13-19(21(30)28-12-11-26)29-20(22(23,24)25)17-5-3-15(4-6-17)16-7-9-18(10-8-16)33(27,31)32/h3-10,14,19-20,29H,12-13H2,1-2H3,(H,28,30)(H2,27,31,32)/t19-,20?/m0/s1. The largest absolute Gasteiger partial charge is 0.407 e. The number of nitrogens with zero attached hydrogens (tertiary/aromatic N) is 1. The molecule has 2 atom stereocenters. The maximum Gasteiger partial charge on any atom is 0.407 e. The van der Waals surface area contributed by atoms with E-state index in [4.69, 9.17) is 10.4 Å². The Morgan fingerprint density at radius 1 is 1.06 bits per heavy atom. The van der Waals surface area contributed by atoms with Crippen molar-refractivity contribution < 1.29 is 26.4 Å². The second-order valence-electron chi connectivity index (χ2n) is 7.89. The first-order valence-electron chi connectivity index (χ1n) is 10.0. The maximum absolute atomic E-state index is 13.9. The number of benzene rings is 2. The van der Waals surface area contributed by atoms with Crippen LogP contribution in [0, 0.1) is 17.2 Å². The fraction of sp³-hybridized carbons (Fsp3) is 0.364. The number of amides is 1. The van der Waals surface area contributed by atoms with Crippen LogP contribution in [0.2, 0.25) is 0 Å². The monoisotopic (exact) mass is 482 g/mol. The molecule has 2 rings (SSSR count).